The van der Waals surface area contributed by atoms with Crippen LogP contribution < -0.4 is 0 Å². The summed E-state index contributed by atoms with van der Waals surface area (Å²) in [5.74, 6) is -1.09. The van der Waals surface area contributed by atoms with Gasteiger partial charge < -0.3 is 0 Å². The molecule has 2 aromatic rings. The van der Waals surface area contributed by atoms with E-state index in [1.807, 2.05) is 45.0 Å². The summed E-state index contributed by atoms with van der Waals surface area (Å²) in [5.41, 5.74) is 4.15. The van der Waals surface area contributed by atoms with Crippen molar-refractivity contribution in [2.24, 2.45) is 0 Å². The summed E-state index contributed by atoms with van der Waals surface area (Å²) >= 11 is 6.20. The molecule has 0 bridgehead atoms. The van der Waals surface area contributed by atoms with Gasteiger partial charge in [-0.3, -0.25) is 4.79 Å². The van der Waals surface area contributed by atoms with Gasteiger partial charge in [-0.15, -0.1) is 0 Å². The molecule has 106 valence electrons. The van der Waals surface area contributed by atoms with Crippen LogP contribution in [-0.2, 0) is 0 Å². The molecule has 0 spiro atoms. The van der Waals surface area contributed by atoms with Crippen LogP contribution in [0.2, 0.25) is 5.02 Å². The second kappa shape index (κ2) is 6.11. The summed E-state index contributed by atoms with van der Waals surface area (Å²) in [6.07, 6.45) is 0. The fourth-order valence-corrected chi connectivity index (χ4v) is 2.44. The fraction of sp³-hybridized carbons (Fsp3) is 0.222. The summed E-state index contributed by atoms with van der Waals surface area (Å²) in [6.45, 7) is 5.81. The molecule has 2 rings (SSSR count). The lowest BCUT2D eigenvalue weighted by molar-refractivity contribution is 0.0979. The molecule has 1 atom stereocenters. The van der Waals surface area contributed by atoms with E-state index < -0.39 is 5.92 Å². The average molecular weight is 298 g/mol. The molecular formula is C18H16ClNO. The zero-order valence-electron chi connectivity index (χ0n) is 12.3. The van der Waals surface area contributed by atoms with Crippen LogP contribution in [0, 0.1) is 32.1 Å². The first-order valence-electron chi connectivity index (χ1n) is 6.71. The average Bonchev–Trinajstić information content (AvgIpc) is 2.46. The zero-order valence-corrected chi connectivity index (χ0v) is 13.0. The number of aryl methyl sites for hydroxylation is 3. The van der Waals surface area contributed by atoms with Gasteiger partial charge in [-0.05, 0) is 49.1 Å². The molecule has 0 N–H and O–H groups in total. The summed E-state index contributed by atoms with van der Waals surface area (Å²) in [6, 6.07) is 13.1. The minimum Gasteiger partial charge on any atom is -0.292 e. The molecule has 0 aliphatic rings. The minimum atomic E-state index is -0.830. The van der Waals surface area contributed by atoms with E-state index in [1.54, 1.807) is 12.1 Å². The third-order valence-electron chi connectivity index (χ3n) is 3.71. The van der Waals surface area contributed by atoms with Crippen LogP contribution in [0.4, 0.5) is 0 Å². The molecule has 0 aliphatic heterocycles. The van der Waals surface area contributed by atoms with E-state index in [2.05, 4.69) is 6.07 Å². The first-order chi connectivity index (χ1) is 9.95. The summed E-state index contributed by atoms with van der Waals surface area (Å²) in [7, 11) is 0. The Morgan fingerprint density at radius 2 is 1.81 bits per heavy atom. The number of benzene rings is 2. The molecule has 21 heavy (non-hydrogen) atoms. The van der Waals surface area contributed by atoms with Crippen molar-refractivity contribution in [3.63, 3.8) is 0 Å². The van der Waals surface area contributed by atoms with Gasteiger partial charge in [0.05, 0.1) is 11.1 Å². The minimum absolute atomic E-state index is 0.255. The van der Waals surface area contributed by atoms with Gasteiger partial charge in [-0.25, -0.2) is 0 Å². The standard InChI is InChI=1S/C18H16ClNO/c1-11-7-8-14(9-13(11)3)16(10-20)18(21)15-6-4-5-12(2)17(15)19/h4-9,16H,1-3H3. The van der Waals surface area contributed by atoms with E-state index in [4.69, 9.17) is 11.6 Å². The first kappa shape index (κ1) is 15.3. The van der Waals surface area contributed by atoms with E-state index in [-0.39, 0.29) is 5.78 Å². The molecule has 0 saturated heterocycles. The number of hydrogen-bond acceptors (Lipinski definition) is 2. The van der Waals surface area contributed by atoms with Crippen LogP contribution in [-0.4, -0.2) is 5.78 Å². The number of halogens is 1. The van der Waals surface area contributed by atoms with Crippen molar-refractivity contribution < 1.29 is 4.79 Å². The van der Waals surface area contributed by atoms with Gasteiger partial charge in [-0.1, -0.05) is 41.9 Å². The number of Topliss-reactive ketones (excluding diaryl/α,β-unsaturated/α-hetero) is 1. The van der Waals surface area contributed by atoms with Crippen molar-refractivity contribution in [1.29, 1.82) is 5.26 Å². The monoisotopic (exact) mass is 297 g/mol. The number of ketones is 1. The van der Waals surface area contributed by atoms with Crippen LogP contribution in [0.3, 0.4) is 0 Å². The normalized spacial score (nSPS) is 11.8. The van der Waals surface area contributed by atoms with E-state index >= 15 is 0 Å². The number of hydrogen-bond donors (Lipinski definition) is 0. The third-order valence-corrected chi connectivity index (χ3v) is 4.21. The maximum absolute atomic E-state index is 12.6. The molecule has 0 aliphatic carbocycles. The van der Waals surface area contributed by atoms with Crippen LogP contribution in [0.5, 0.6) is 0 Å². The third kappa shape index (κ3) is 2.99. The second-order valence-corrected chi connectivity index (χ2v) is 5.58. The largest absolute Gasteiger partial charge is 0.292 e. The lowest BCUT2D eigenvalue weighted by atomic mass is 9.89. The molecule has 1 unspecified atom stereocenters. The zero-order chi connectivity index (χ0) is 15.6. The Bertz CT molecular complexity index is 743. The highest BCUT2D eigenvalue weighted by molar-refractivity contribution is 6.35. The predicted molar refractivity (Wildman–Crippen MR) is 84.8 cm³/mol. The lowest BCUT2D eigenvalue weighted by Gasteiger charge is -2.12. The molecule has 0 saturated carbocycles. The van der Waals surface area contributed by atoms with Gasteiger partial charge in [0.25, 0.3) is 0 Å². The highest BCUT2D eigenvalue weighted by Crippen LogP contribution is 2.28. The Balaban J connectivity index is 2.46. The van der Waals surface area contributed by atoms with Gasteiger partial charge in [0.1, 0.15) is 5.92 Å². The Morgan fingerprint density at radius 1 is 1.10 bits per heavy atom. The van der Waals surface area contributed by atoms with Crippen molar-refractivity contribution in [2.45, 2.75) is 26.7 Å². The van der Waals surface area contributed by atoms with E-state index in [1.165, 1.54) is 0 Å². The summed E-state index contributed by atoms with van der Waals surface area (Å²) in [5, 5.41) is 9.84. The Hall–Kier alpha value is -2.11. The molecule has 0 heterocycles. The second-order valence-electron chi connectivity index (χ2n) is 5.21. The molecule has 0 fully saturated rings. The molecule has 2 nitrogen and oxygen atoms in total. The quantitative estimate of drug-likeness (QED) is 0.767. The number of nitrogens with zero attached hydrogens (tertiary/aromatic N) is 1. The Kier molecular flexibility index (Phi) is 4.45. The van der Waals surface area contributed by atoms with Crippen molar-refractivity contribution in [2.75, 3.05) is 0 Å². The smallest absolute Gasteiger partial charge is 0.185 e. The van der Waals surface area contributed by atoms with Crippen molar-refractivity contribution in [3.05, 3.63) is 69.2 Å². The molecule has 3 heteroatoms. The number of carbonyl (C=O) groups excluding carboxylic acids is 1. The SMILES string of the molecule is Cc1ccc(C(C#N)C(=O)c2cccc(C)c2Cl)cc1C. The Morgan fingerprint density at radius 3 is 2.43 bits per heavy atom. The van der Waals surface area contributed by atoms with E-state index in [0.717, 1.165) is 16.7 Å². The maximum Gasteiger partial charge on any atom is 0.185 e. The van der Waals surface area contributed by atoms with E-state index in [9.17, 15) is 10.1 Å². The van der Waals surface area contributed by atoms with Gasteiger partial charge in [-0.2, -0.15) is 5.26 Å². The number of rotatable bonds is 3. The van der Waals surface area contributed by atoms with Crippen LogP contribution in [0.15, 0.2) is 36.4 Å². The molecular weight excluding hydrogens is 282 g/mol. The maximum atomic E-state index is 12.6. The molecule has 0 radical (unpaired) electrons. The van der Waals surface area contributed by atoms with Crippen molar-refractivity contribution in [3.8, 4) is 6.07 Å². The topological polar surface area (TPSA) is 40.9 Å². The highest BCUT2D eigenvalue weighted by atomic mass is 35.5. The summed E-state index contributed by atoms with van der Waals surface area (Å²) in [4.78, 5) is 12.6. The predicted octanol–water partition coefficient (Wildman–Crippen LogP) is 4.76. The van der Waals surface area contributed by atoms with Gasteiger partial charge in [0.2, 0.25) is 0 Å². The van der Waals surface area contributed by atoms with E-state index in [0.29, 0.717) is 16.1 Å². The van der Waals surface area contributed by atoms with Crippen LogP contribution >= 0.6 is 11.6 Å². The van der Waals surface area contributed by atoms with Gasteiger partial charge in [0, 0.05) is 5.56 Å². The van der Waals surface area contributed by atoms with Gasteiger partial charge >= 0.3 is 0 Å². The molecule has 0 amide bonds. The van der Waals surface area contributed by atoms with Crippen molar-refractivity contribution in [1.82, 2.24) is 0 Å². The number of carbonyl (C=O) groups is 1. The van der Waals surface area contributed by atoms with Gasteiger partial charge in [0.15, 0.2) is 5.78 Å². The van der Waals surface area contributed by atoms with Crippen molar-refractivity contribution >= 4 is 17.4 Å². The summed E-state index contributed by atoms with van der Waals surface area (Å²) < 4.78 is 0. The lowest BCUT2D eigenvalue weighted by Crippen LogP contribution is -2.12. The first-order valence-corrected chi connectivity index (χ1v) is 7.09. The van der Waals surface area contributed by atoms with Crippen LogP contribution in [0.1, 0.15) is 38.5 Å². The highest BCUT2D eigenvalue weighted by Gasteiger charge is 2.24. The number of nitriles is 1. The Labute approximate surface area is 130 Å². The van der Waals surface area contributed by atoms with Crippen LogP contribution in [0.25, 0.3) is 0 Å². The molecule has 2 aromatic carbocycles. The molecule has 0 aromatic heterocycles. The fourth-order valence-electron chi connectivity index (χ4n) is 2.22.